The number of aromatic nitrogens is 1. The first-order valence-corrected chi connectivity index (χ1v) is 7.36. The Morgan fingerprint density at radius 3 is 2.24 bits per heavy atom. The van der Waals surface area contributed by atoms with E-state index in [1.807, 2.05) is 0 Å². The highest BCUT2D eigenvalue weighted by atomic mass is 16.7. The zero-order valence-electron chi connectivity index (χ0n) is 13.5. The first kappa shape index (κ1) is 16.4. The van der Waals surface area contributed by atoms with Crippen LogP contribution in [0.25, 0.3) is 0 Å². The van der Waals surface area contributed by atoms with Crippen molar-refractivity contribution in [1.82, 2.24) is 9.63 Å². The number of ether oxygens (including phenoxy) is 1. The Morgan fingerprint density at radius 1 is 1.08 bits per heavy atom. The number of carbonyl (C=O) groups is 3. The van der Waals surface area contributed by atoms with E-state index in [1.54, 1.807) is 19.1 Å². The molecule has 0 aliphatic carbocycles. The Bertz CT molecular complexity index is 911. The average molecular weight is 342 g/mol. The molecular formula is C17H14N2O6. The summed E-state index contributed by atoms with van der Waals surface area (Å²) in [4.78, 5) is 53.1. The largest absolute Gasteiger partial charge is 0.491 e. The van der Waals surface area contributed by atoms with Crippen molar-refractivity contribution in [3.8, 4) is 5.75 Å². The van der Waals surface area contributed by atoms with Crippen molar-refractivity contribution in [3.63, 3.8) is 0 Å². The van der Waals surface area contributed by atoms with Crippen LogP contribution in [0.2, 0.25) is 0 Å². The molecule has 2 amide bonds. The highest BCUT2D eigenvalue weighted by Gasteiger charge is 2.38. The van der Waals surface area contributed by atoms with E-state index in [9.17, 15) is 19.2 Å². The fraction of sp³-hybridized carbons (Fsp3) is 0.176. The molecule has 3 rings (SSSR count). The fourth-order valence-electron chi connectivity index (χ4n) is 2.49. The van der Waals surface area contributed by atoms with Crippen LogP contribution in [0.15, 0.2) is 41.3 Å². The van der Waals surface area contributed by atoms with E-state index in [-0.39, 0.29) is 28.8 Å². The van der Waals surface area contributed by atoms with Gasteiger partial charge in [-0.3, -0.25) is 14.4 Å². The van der Waals surface area contributed by atoms with Gasteiger partial charge in [0.25, 0.3) is 11.8 Å². The number of amides is 2. The number of aryl methyl sites for hydroxylation is 1. The van der Waals surface area contributed by atoms with Gasteiger partial charge in [-0.25, -0.2) is 4.79 Å². The lowest BCUT2D eigenvalue weighted by molar-refractivity contribution is -0.169. The summed E-state index contributed by atoms with van der Waals surface area (Å²) in [5.41, 5.74) is 0.554. The van der Waals surface area contributed by atoms with Crippen molar-refractivity contribution in [1.29, 1.82) is 0 Å². The topological polar surface area (TPSA) is 94.9 Å². The molecule has 1 aromatic carbocycles. The molecule has 2 aromatic rings. The van der Waals surface area contributed by atoms with Crippen molar-refractivity contribution < 1.29 is 24.0 Å². The number of pyridine rings is 1. The normalized spacial score (nSPS) is 13.0. The third-order valence-corrected chi connectivity index (χ3v) is 3.78. The second kappa shape index (κ2) is 6.23. The molecule has 0 N–H and O–H groups in total. The lowest BCUT2D eigenvalue weighted by Gasteiger charge is -2.15. The van der Waals surface area contributed by atoms with Crippen LogP contribution in [-0.4, -0.2) is 34.5 Å². The number of carbonyl (C=O) groups excluding carboxylic acids is 3. The van der Waals surface area contributed by atoms with Crippen molar-refractivity contribution in [3.05, 3.63) is 63.6 Å². The molecule has 1 aromatic heterocycles. The van der Waals surface area contributed by atoms with Gasteiger partial charge in [-0.2, -0.15) is 0 Å². The van der Waals surface area contributed by atoms with E-state index in [1.165, 1.54) is 36.1 Å². The first-order valence-electron chi connectivity index (χ1n) is 7.36. The summed E-state index contributed by atoms with van der Waals surface area (Å²) in [7, 11) is 1.34. The summed E-state index contributed by atoms with van der Waals surface area (Å²) in [6.45, 7) is 1.34. The molecule has 2 heterocycles. The number of imide groups is 1. The molecular weight excluding hydrogens is 328 g/mol. The highest BCUT2D eigenvalue weighted by Crippen LogP contribution is 2.22. The summed E-state index contributed by atoms with van der Waals surface area (Å²) in [5, 5.41) is 0.447. The van der Waals surface area contributed by atoms with Crippen LogP contribution in [0.1, 0.15) is 26.4 Å². The Balaban J connectivity index is 1.77. The zero-order chi connectivity index (χ0) is 18.1. The van der Waals surface area contributed by atoms with E-state index < -0.39 is 17.8 Å². The van der Waals surface area contributed by atoms with Gasteiger partial charge in [-0.1, -0.05) is 17.2 Å². The van der Waals surface area contributed by atoms with Crippen LogP contribution in [0, 0.1) is 6.92 Å². The number of methoxy groups -OCH3 is 1. The van der Waals surface area contributed by atoms with Gasteiger partial charge in [0.15, 0.2) is 5.75 Å². The molecule has 0 bridgehead atoms. The molecule has 0 fully saturated rings. The predicted molar refractivity (Wildman–Crippen MR) is 85.0 cm³/mol. The van der Waals surface area contributed by atoms with Crippen LogP contribution < -0.4 is 10.2 Å². The second-order valence-electron chi connectivity index (χ2n) is 5.39. The molecule has 0 saturated carbocycles. The monoisotopic (exact) mass is 342 g/mol. The standard InChI is InChI=1S/C17H14N2O6/c1-10-7-13(20)14(24-2)8-18(10)9-15(21)25-19-16(22)11-5-3-4-6-12(11)17(19)23/h3-8H,9H2,1-2H3. The van der Waals surface area contributed by atoms with Gasteiger partial charge in [0.1, 0.15) is 6.54 Å². The van der Waals surface area contributed by atoms with Crippen molar-refractivity contribution in [2.45, 2.75) is 13.5 Å². The number of hydrogen-bond acceptors (Lipinski definition) is 6. The van der Waals surface area contributed by atoms with Gasteiger partial charge in [0, 0.05) is 11.8 Å². The lowest BCUT2D eigenvalue weighted by atomic mass is 10.1. The summed E-state index contributed by atoms with van der Waals surface area (Å²) >= 11 is 0. The lowest BCUT2D eigenvalue weighted by Crippen LogP contribution is -2.34. The molecule has 1 aliphatic rings. The van der Waals surface area contributed by atoms with E-state index in [2.05, 4.69) is 0 Å². The summed E-state index contributed by atoms with van der Waals surface area (Å²) < 4.78 is 6.36. The maximum absolute atomic E-state index is 12.2. The van der Waals surface area contributed by atoms with E-state index in [0.717, 1.165) is 0 Å². The van der Waals surface area contributed by atoms with Gasteiger partial charge >= 0.3 is 5.97 Å². The number of fused-ring (bicyclic) bond motifs is 1. The van der Waals surface area contributed by atoms with Gasteiger partial charge in [0.2, 0.25) is 5.43 Å². The van der Waals surface area contributed by atoms with Gasteiger partial charge < -0.3 is 14.1 Å². The first-order chi connectivity index (χ1) is 11.9. The Hall–Kier alpha value is -3.42. The third-order valence-electron chi connectivity index (χ3n) is 3.78. The molecule has 128 valence electrons. The highest BCUT2D eigenvalue weighted by molar-refractivity contribution is 6.20. The SMILES string of the molecule is COc1cn(CC(=O)ON2C(=O)c3ccccc3C2=O)c(C)cc1=O. The minimum Gasteiger partial charge on any atom is -0.491 e. The molecule has 0 saturated heterocycles. The maximum atomic E-state index is 12.2. The summed E-state index contributed by atoms with van der Waals surface area (Å²) in [6.07, 6.45) is 1.36. The van der Waals surface area contributed by atoms with E-state index in [4.69, 9.17) is 9.57 Å². The predicted octanol–water partition coefficient (Wildman–Crippen LogP) is 0.920. The molecule has 25 heavy (non-hydrogen) atoms. The number of rotatable bonds is 4. The fourth-order valence-corrected chi connectivity index (χ4v) is 2.49. The van der Waals surface area contributed by atoms with Gasteiger partial charge in [0.05, 0.1) is 24.4 Å². The minimum atomic E-state index is -0.830. The van der Waals surface area contributed by atoms with Crippen molar-refractivity contribution >= 4 is 17.8 Å². The number of nitrogens with zero attached hydrogens (tertiary/aromatic N) is 2. The number of hydroxylamine groups is 2. The van der Waals surface area contributed by atoms with Crippen molar-refractivity contribution in [2.75, 3.05) is 7.11 Å². The second-order valence-corrected chi connectivity index (χ2v) is 5.39. The van der Waals surface area contributed by atoms with Crippen LogP contribution in [0.3, 0.4) is 0 Å². The smallest absolute Gasteiger partial charge is 0.352 e. The quantitative estimate of drug-likeness (QED) is 0.767. The molecule has 1 aliphatic heterocycles. The molecule has 0 atom stereocenters. The van der Waals surface area contributed by atoms with E-state index in [0.29, 0.717) is 10.8 Å². The van der Waals surface area contributed by atoms with Gasteiger partial charge in [-0.05, 0) is 19.1 Å². The van der Waals surface area contributed by atoms with Crippen LogP contribution >= 0.6 is 0 Å². The summed E-state index contributed by atoms with van der Waals surface area (Å²) in [5.74, 6) is -2.14. The van der Waals surface area contributed by atoms with E-state index >= 15 is 0 Å². The Kier molecular flexibility index (Phi) is 4.10. The number of benzene rings is 1. The Morgan fingerprint density at radius 2 is 1.68 bits per heavy atom. The molecule has 0 radical (unpaired) electrons. The van der Waals surface area contributed by atoms with Crippen LogP contribution in [-0.2, 0) is 16.2 Å². The van der Waals surface area contributed by atoms with Crippen molar-refractivity contribution in [2.24, 2.45) is 0 Å². The molecule has 8 nitrogen and oxygen atoms in total. The minimum absolute atomic E-state index is 0.0686. The maximum Gasteiger partial charge on any atom is 0.352 e. The summed E-state index contributed by atoms with van der Waals surface area (Å²) in [6, 6.07) is 7.52. The molecule has 0 spiro atoms. The average Bonchev–Trinajstić information content (AvgIpc) is 2.83. The van der Waals surface area contributed by atoms with Crippen LogP contribution in [0.5, 0.6) is 5.75 Å². The zero-order valence-corrected chi connectivity index (χ0v) is 13.5. The number of hydrogen-bond donors (Lipinski definition) is 0. The van der Waals surface area contributed by atoms with Crippen LogP contribution in [0.4, 0.5) is 0 Å². The third kappa shape index (κ3) is 2.89. The van der Waals surface area contributed by atoms with Gasteiger partial charge in [-0.15, -0.1) is 0 Å². The molecule has 8 heteroatoms. The Labute approximate surface area is 142 Å². The molecule has 0 unspecified atom stereocenters.